The number of likely N-dealkylation sites (N-methyl/N-ethyl adjacent to an activating group) is 1. The average molecular weight is 289 g/mol. The van der Waals surface area contributed by atoms with Gasteiger partial charge in [-0.25, -0.2) is 0 Å². The van der Waals surface area contributed by atoms with E-state index in [1.807, 2.05) is 36.9 Å². The summed E-state index contributed by atoms with van der Waals surface area (Å²) >= 11 is 1.52. The molecule has 1 aliphatic heterocycles. The number of carbonyl (C=O) groups is 1. The number of nitrogens with zero attached hydrogens (tertiary/aromatic N) is 3. The Balaban J connectivity index is 2.06. The van der Waals surface area contributed by atoms with E-state index in [0.29, 0.717) is 6.54 Å². The lowest BCUT2D eigenvalue weighted by molar-refractivity contribution is -0.126. The van der Waals surface area contributed by atoms with Gasteiger partial charge in [-0.1, -0.05) is 6.08 Å². The van der Waals surface area contributed by atoms with E-state index in [0.717, 1.165) is 30.0 Å². The van der Waals surface area contributed by atoms with Crippen LogP contribution in [-0.2, 0) is 17.8 Å². The molecule has 1 aromatic rings. The number of hydrogen-bond acceptors (Lipinski definition) is 4. The van der Waals surface area contributed by atoms with Crippen molar-refractivity contribution in [3.05, 3.63) is 33.0 Å². The molecule has 2 rings (SSSR count). The summed E-state index contributed by atoms with van der Waals surface area (Å²) in [7, 11) is 3.94. The molecule has 0 unspecified atom stereocenters. The lowest BCUT2D eigenvalue weighted by atomic mass is 10.0. The minimum Gasteiger partial charge on any atom is -0.334 e. The first-order chi connectivity index (χ1) is 9.52. The van der Waals surface area contributed by atoms with Gasteiger partial charge in [-0.05, 0) is 38.6 Å². The Kier molecular flexibility index (Phi) is 4.58. The van der Waals surface area contributed by atoms with E-state index in [2.05, 4.69) is 6.07 Å². The van der Waals surface area contributed by atoms with Gasteiger partial charge >= 0.3 is 0 Å². The summed E-state index contributed by atoms with van der Waals surface area (Å²) in [5.41, 5.74) is 2.37. The van der Waals surface area contributed by atoms with Crippen LogP contribution in [0.1, 0.15) is 20.9 Å². The Labute approximate surface area is 123 Å². The van der Waals surface area contributed by atoms with Crippen molar-refractivity contribution >= 4 is 17.2 Å². The average Bonchev–Trinajstić information content (AvgIpc) is 2.74. The molecule has 0 N–H and O–H groups in total. The first kappa shape index (κ1) is 14.8. The molecule has 4 nitrogen and oxygen atoms in total. The Bertz CT molecular complexity index is 581. The van der Waals surface area contributed by atoms with Crippen LogP contribution in [0.25, 0.3) is 0 Å². The summed E-state index contributed by atoms with van der Waals surface area (Å²) in [6, 6.07) is 2.24. The SMILES string of the molecule is Cc1c(C#N)sc2c1CCN(C(=O)/C=C/CN(C)C)C2. The summed E-state index contributed by atoms with van der Waals surface area (Å²) in [6.45, 7) is 4.14. The third-order valence-corrected chi connectivity index (χ3v) is 4.69. The fourth-order valence-corrected chi connectivity index (χ4v) is 3.49. The summed E-state index contributed by atoms with van der Waals surface area (Å²) in [5, 5.41) is 9.07. The molecule has 0 aliphatic carbocycles. The molecule has 1 aromatic heterocycles. The van der Waals surface area contributed by atoms with Gasteiger partial charge < -0.3 is 9.80 Å². The van der Waals surface area contributed by atoms with Crippen LogP contribution in [0.2, 0.25) is 0 Å². The normalized spacial score (nSPS) is 14.7. The number of hydrogen-bond donors (Lipinski definition) is 0. The van der Waals surface area contributed by atoms with E-state index >= 15 is 0 Å². The number of nitriles is 1. The van der Waals surface area contributed by atoms with Gasteiger partial charge in [0.15, 0.2) is 0 Å². The number of carbonyl (C=O) groups excluding carboxylic acids is 1. The van der Waals surface area contributed by atoms with Crippen LogP contribution in [0.15, 0.2) is 12.2 Å². The Hall–Kier alpha value is -1.64. The van der Waals surface area contributed by atoms with Gasteiger partial charge in [0.1, 0.15) is 10.9 Å². The lowest BCUT2D eigenvalue weighted by Crippen LogP contribution is -2.34. The van der Waals surface area contributed by atoms with Crippen molar-refractivity contribution in [2.45, 2.75) is 19.9 Å². The van der Waals surface area contributed by atoms with Crippen molar-refractivity contribution in [2.75, 3.05) is 27.2 Å². The summed E-state index contributed by atoms with van der Waals surface area (Å²) in [4.78, 5) is 17.9. The van der Waals surface area contributed by atoms with E-state index in [1.54, 1.807) is 6.08 Å². The van der Waals surface area contributed by atoms with Gasteiger partial charge in [0, 0.05) is 24.0 Å². The van der Waals surface area contributed by atoms with Crippen molar-refractivity contribution in [2.24, 2.45) is 0 Å². The van der Waals surface area contributed by atoms with Crippen LogP contribution in [0.5, 0.6) is 0 Å². The first-order valence-electron chi connectivity index (χ1n) is 6.64. The van der Waals surface area contributed by atoms with Gasteiger partial charge in [0.2, 0.25) is 5.91 Å². The van der Waals surface area contributed by atoms with Crippen molar-refractivity contribution in [3.8, 4) is 6.07 Å². The number of amides is 1. The third kappa shape index (κ3) is 3.09. The Morgan fingerprint density at radius 2 is 2.30 bits per heavy atom. The standard InChI is InChI=1S/C15H19N3OS/c1-11-12-6-8-18(10-14(12)20-13(11)9-16)15(19)5-4-7-17(2)3/h4-5H,6-8,10H2,1-3H3/b5-4+. The molecule has 0 saturated heterocycles. The molecule has 0 radical (unpaired) electrons. The molecule has 0 spiro atoms. The van der Waals surface area contributed by atoms with E-state index in [9.17, 15) is 4.79 Å². The van der Waals surface area contributed by atoms with Crippen LogP contribution in [0, 0.1) is 18.3 Å². The van der Waals surface area contributed by atoms with E-state index in [4.69, 9.17) is 5.26 Å². The highest BCUT2D eigenvalue weighted by Crippen LogP contribution is 2.32. The first-order valence-corrected chi connectivity index (χ1v) is 7.46. The van der Waals surface area contributed by atoms with Crippen LogP contribution in [-0.4, -0.2) is 42.9 Å². The largest absolute Gasteiger partial charge is 0.334 e. The number of rotatable bonds is 3. The molecule has 0 aromatic carbocycles. The highest BCUT2D eigenvalue weighted by atomic mass is 32.1. The second-order valence-electron chi connectivity index (χ2n) is 5.24. The minimum atomic E-state index is 0.0575. The fraction of sp³-hybridized carbons (Fsp3) is 0.467. The van der Waals surface area contributed by atoms with Crippen molar-refractivity contribution < 1.29 is 4.79 Å². The molecule has 1 aliphatic rings. The fourth-order valence-electron chi connectivity index (χ4n) is 2.33. The maximum atomic E-state index is 12.1. The highest BCUT2D eigenvalue weighted by molar-refractivity contribution is 7.12. The Morgan fingerprint density at radius 1 is 1.55 bits per heavy atom. The molecule has 0 bridgehead atoms. The van der Waals surface area contributed by atoms with Crippen LogP contribution in [0.3, 0.4) is 0 Å². The monoisotopic (exact) mass is 289 g/mol. The van der Waals surface area contributed by atoms with E-state index in [1.165, 1.54) is 21.8 Å². The van der Waals surface area contributed by atoms with Gasteiger partial charge in [-0.15, -0.1) is 11.3 Å². The maximum Gasteiger partial charge on any atom is 0.246 e. The molecule has 0 saturated carbocycles. The van der Waals surface area contributed by atoms with E-state index in [-0.39, 0.29) is 5.91 Å². The van der Waals surface area contributed by atoms with E-state index < -0.39 is 0 Å². The minimum absolute atomic E-state index is 0.0575. The molecule has 106 valence electrons. The van der Waals surface area contributed by atoms with Crippen LogP contribution >= 0.6 is 11.3 Å². The van der Waals surface area contributed by atoms with Gasteiger partial charge in [-0.3, -0.25) is 4.79 Å². The molecule has 2 heterocycles. The van der Waals surface area contributed by atoms with Crippen LogP contribution in [0.4, 0.5) is 0 Å². The summed E-state index contributed by atoms with van der Waals surface area (Å²) in [5.74, 6) is 0.0575. The molecular weight excluding hydrogens is 270 g/mol. The molecule has 1 amide bonds. The maximum absolute atomic E-state index is 12.1. The van der Waals surface area contributed by atoms with Crippen LogP contribution < -0.4 is 0 Å². The number of thiophene rings is 1. The predicted octanol–water partition coefficient (Wildman–Crippen LogP) is 1.93. The Morgan fingerprint density at radius 3 is 2.95 bits per heavy atom. The molecule has 20 heavy (non-hydrogen) atoms. The molecule has 5 heteroatoms. The van der Waals surface area contributed by atoms with Gasteiger partial charge in [0.25, 0.3) is 0 Å². The summed E-state index contributed by atoms with van der Waals surface area (Å²) < 4.78 is 0. The molecule has 0 fully saturated rings. The number of fused-ring (bicyclic) bond motifs is 1. The second-order valence-corrected chi connectivity index (χ2v) is 6.35. The lowest BCUT2D eigenvalue weighted by Gasteiger charge is -2.26. The zero-order chi connectivity index (χ0) is 14.7. The van der Waals surface area contributed by atoms with Gasteiger partial charge in [0.05, 0.1) is 6.54 Å². The topological polar surface area (TPSA) is 47.3 Å². The third-order valence-electron chi connectivity index (χ3n) is 3.47. The predicted molar refractivity (Wildman–Crippen MR) is 80.6 cm³/mol. The smallest absolute Gasteiger partial charge is 0.246 e. The zero-order valence-electron chi connectivity index (χ0n) is 12.1. The second kappa shape index (κ2) is 6.21. The molecular formula is C15H19N3OS. The highest BCUT2D eigenvalue weighted by Gasteiger charge is 2.24. The zero-order valence-corrected chi connectivity index (χ0v) is 13.0. The quantitative estimate of drug-likeness (QED) is 0.799. The molecule has 0 atom stereocenters. The van der Waals surface area contributed by atoms with Crippen molar-refractivity contribution in [1.29, 1.82) is 5.26 Å². The van der Waals surface area contributed by atoms with Crippen molar-refractivity contribution in [1.82, 2.24) is 9.80 Å². The van der Waals surface area contributed by atoms with Crippen molar-refractivity contribution in [3.63, 3.8) is 0 Å². The van der Waals surface area contributed by atoms with Gasteiger partial charge in [-0.2, -0.15) is 5.26 Å². The summed E-state index contributed by atoms with van der Waals surface area (Å²) in [6.07, 6.45) is 4.39.